The number of hydrogen-bond acceptors (Lipinski definition) is 4. The molecule has 0 saturated carbocycles. The lowest BCUT2D eigenvalue weighted by Crippen LogP contribution is -1.98. The average molecular weight is 273 g/mol. The van der Waals surface area contributed by atoms with Gasteiger partial charge >= 0.3 is 0 Å². The number of hydrogen-bond donors (Lipinski definition) is 0. The molecule has 2 rings (SSSR count). The summed E-state index contributed by atoms with van der Waals surface area (Å²) in [6.07, 6.45) is 0. The minimum absolute atomic E-state index is 0.0342. The lowest BCUT2D eigenvalue weighted by Gasteiger charge is -2.07. The van der Waals surface area contributed by atoms with E-state index < -0.39 is 5.82 Å². The Labute approximate surface area is 115 Å². The van der Waals surface area contributed by atoms with Gasteiger partial charge in [0.05, 0.1) is 0 Å². The molecule has 0 bridgehead atoms. The molecule has 0 unspecified atom stereocenters. The van der Waals surface area contributed by atoms with Crippen LogP contribution < -0.4 is 0 Å². The summed E-state index contributed by atoms with van der Waals surface area (Å²) in [4.78, 5) is 9.24. The van der Waals surface area contributed by atoms with E-state index in [1.165, 1.54) is 17.8 Å². The Balaban J connectivity index is 2.43. The van der Waals surface area contributed by atoms with E-state index in [1.54, 1.807) is 12.1 Å². The van der Waals surface area contributed by atoms with Crippen molar-refractivity contribution in [3.05, 3.63) is 46.5 Å². The molecule has 0 aliphatic carbocycles. The second-order valence-electron chi connectivity index (χ2n) is 4.13. The van der Waals surface area contributed by atoms with Gasteiger partial charge in [-0.1, -0.05) is 6.07 Å². The van der Waals surface area contributed by atoms with Crippen LogP contribution in [0.3, 0.4) is 0 Å². The van der Waals surface area contributed by atoms with Gasteiger partial charge in [0.15, 0.2) is 5.16 Å². The molecular weight excluding hydrogens is 261 g/mol. The van der Waals surface area contributed by atoms with Crippen molar-refractivity contribution in [2.24, 2.45) is 0 Å². The fourth-order valence-electron chi connectivity index (χ4n) is 1.58. The fraction of sp³-hybridized carbons (Fsp3) is 0.214. The molecule has 0 radical (unpaired) electrons. The van der Waals surface area contributed by atoms with Gasteiger partial charge < -0.3 is 0 Å². The van der Waals surface area contributed by atoms with Crippen LogP contribution in [-0.2, 0) is 0 Å². The molecule has 96 valence electrons. The van der Waals surface area contributed by atoms with E-state index in [0.717, 1.165) is 17.0 Å². The van der Waals surface area contributed by atoms with Gasteiger partial charge in [0.2, 0.25) is 0 Å². The molecule has 2 aromatic rings. The highest BCUT2D eigenvalue weighted by molar-refractivity contribution is 7.99. The Morgan fingerprint density at radius 3 is 2.37 bits per heavy atom. The van der Waals surface area contributed by atoms with E-state index in [9.17, 15) is 4.39 Å². The van der Waals surface area contributed by atoms with Crippen molar-refractivity contribution >= 4 is 11.8 Å². The molecule has 0 saturated heterocycles. The van der Waals surface area contributed by atoms with Gasteiger partial charge in [-0.05, 0) is 50.2 Å². The highest BCUT2D eigenvalue weighted by Gasteiger charge is 2.12. The zero-order valence-corrected chi connectivity index (χ0v) is 11.7. The van der Waals surface area contributed by atoms with Crippen molar-refractivity contribution in [3.8, 4) is 6.07 Å². The zero-order valence-electron chi connectivity index (χ0n) is 10.9. The molecule has 0 spiro atoms. The number of benzene rings is 1. The van der Waals surface area contributed by atoms with Crippen LogP contribution in [0.4, 0.5) is 4.39 Å². The summed E-state index contributed by atoms with van der Waals surface area (Å²) in [5.74, 6) is -0.520. The third-order valence-corrected chi connectivity index (χ3v) is 3.83. The predicted molar refractivity (Wildman–Crippen MR) is 71.5 cm³/mol. The first-order valence-electron chi connectivity index (χ1n) is 5.71. The van der Waals surface area contributed by atoms with Crippen molar-refractivity contribution in [2.45, 2.75) is 30.8 Å². The topological polar surface area (TPSA) is 49.6 Å². The number of halogens is 1. The molecule has 0 aliphatic rings. The van der Waals surface area contributed by atoms with Gasteiger partial charge in [-0.25, -0.2) is 14.4 Å². The third-order valence-electron chi connectivity index (χ3n) is 2.90. The van der Waals surface area contributed by atoms with Crippen LogP contribution >= 0.6 is 11.8 Å². The normalized spacial score (nSPS) is 10.3. The second kappa shape index (κ2) is 5.37. The van der Waals surface area contributed by atoms with Crippen LogP contribution in [0.5, 0.6) is 0 Å². The molecule has 1 heterocycles. The third kappa shape index (κ3) is 2.74. The molecule has 0 aliphatic heterocycles. The maximum atomic E-state index is 13.5. The summed E-state index contributed by atoms with van der Waals surface area (Å²) in [6.45, 7) is 5.78. The number of aromatic nitrogens is 2. The molecular formula is C14H12FN3S. The quantitative estimate of drug-likeness (QED) is 0.785. The monoisotopic (exact) mass is 273 g/mol. The Hall–Kier alpha value is -1.93. The van der Waals surface area contributed by atoms with E-state index in [-0.39, 0.29) is 5.56 Å². The summed E-state index contributed by atoms with van der Waals surface area (Å²) >= 11 is 1.21. The number of aryl methyl sites for hydroxylation is 2. The van der Waals surface area contributed by atoms with Gasteiger partial charge in [0, 0.05) is 16.3 Å². The first kappa shape index (κ1) is 13.5. The summed E-state index contributed by atoms with van der Waals surface area (Å²) in [5.41, 5.74) is 2.87. The van der Waals surface area contributed by atoms with Crippen LogP contribution in [0.25, 0.3) is 0 Å². The first-order chi connectivity index (χ1) is 9.02. The smallest absolute Gasteiger partial charge is 0.192 e. The molecule has 3 nitrogen and oxygen atoms in total. The van der Waals surface area contributed by atoms with Crippen molar-refractivity contribution in [3.63, 3.8) is 0 Å². The van der Waals surface area contributed by atoms with E-state index in [0.29, 0.717) is 10.1 Å². The van der Waals surface area contributed by atoms with Gasteiger partial charge in [-0.2, -0.15) is 5.26 Å². The highest BCUT2D eigenvalue weighted by atomic mass is 32.2. The minimum atomic E-state index is -0.520. The van der Waals surface area contributed by atoms with Crippen LogP contribution in [0.1, 0.15) is 22.5 Å². The van der Waals surface area contributed by atoms with Crippen LogP contribution in [0, 0.1) is 37.9 Å². The number of nitriles is 1. The van der Waals surface area contributed by atoms with E-state index in [4.69, 9.17) is 5.26 Å². The lowest BCUT2D eigenvalue weighted by atomic mass is 10.2. The molecule has 19 heavy (non-hydrogen) atoms. The summed E-state index contributed by atoms with van der Waals surface area (Å²) < 4.78 is 13.5. The molecule has 0 amide bonds. The van der Waals surface area contributed by atoms with Crippen LogP contribution in [-0.4, -0.2) is 9.97 Å². The maximum absolute atomic E-state index is 13.5. The van der Waals surface area contributed by atoms with Crippen molar-refractivity contribution < 1.29 is 4.39 Å². The Bertz CT molecular complexity index is 654. The van der Waals surface area contributed by atoms with E-state index in [1.807, 2.05) is 26.8 Å². The fourth-order valence-corrected chi connectivity index (χ4v) is 2.54. The van der Waals surface area contributed by atoms with Gasteiger partial charge in [-0.15, -0.1) is 0 Å². The molecule has 1 aromatic carbocycles. The van der Waals surface area contributed by atoms with E-state index in [2.05, 4.69) is 9.97 Å². The zero-order chi connectivity index (χ0) is 14.0. The largest absolute Gasteiger partial charge is 0.227 e. The molecule has 5 heteroatoms. The Morgan fingerprint density at radius 2 is 1.79 bits per heavy atom. The summed E-state index contributed by atoms with van der Waals surface area (Å²) in [5, 5.41) is 9.52. The SMILES string of the molecule is Cc1nc(Sc2cccc(F)c2C#N)nc(C)c1C. The summed E-state index contributed by atoms with van der Waals surface area (Å²) in [7, 11) is 0. The van der Waals surface area contributed by atoms with Gasteiger partial charge in [0.1, 0.15) is 17.4 Å². The Morgan fingerprint density at radius 1 is 1.16 bits per heavy atom. The van der Waals surface area contributed by atoms with Crippen LogP contribution in [0.2, 0.25) is 0 Å². The predicted octanol–water partition coefficient (Wildman–Crippen LogP) is 3.56. The van der Waals surface area contributed by atoms with E-state index >= 15 is 0 Å². The van der Waals surface area contributed by atoms with Crippen molar-refractivity contribution in [2.75, 3.05) is 0 Å². The van der Waals surface area contributed by atoms with Gasteiger partial charge in [0.25, 0.3) is 0 Å². The highest BCUT2D eigenvalue weighted by Crippen LogP contribution is 2.29. The molecule has 0 fully saturated rings. The van der Waals surface area contributed by atoms with Crippen molar-refractivity contribution in [1.29, 1.82) is 5.26 Å². The Kier molecular flexibility index (Phi) is 3.82. The standard InChI is InChI=1S/C14H12FN3S/c1-8-9(2)17-14(18-10(8)3)19-13-6-4-5-12(15)11(13)7-16/h4-6H,1-3H3. The minimum Gasteiger partial charge on any atom is -0.227 e. The van der Waals surface area contributed by atoms with Gasteiger partial charge in [-0.3, -0.25) is 0 Å². The average Bonchev–Trinajstić information content (AvgIpc) is 2.36. The molecule has 1 aromatic heterocycles. The summed E-state index contributed by atoms with van der Waals surface area (Å²) in [6, 6.07) is 6.42. The maximum Gasteiger partial charge on any atom is 0.192 e. The van der Waals surface area contributed by atoms with Crippen molar-refractivity contribution in [1.82, 2.24) is 9.97 Å². The first-order valence-corrected chi connectivity index (χ1v) is 6.53. The number of rotatable bonds is 2. The molecule has 0 N–H and O–H groups in total. The van der Waals surface area contributed by atoms with Crippen LogP contribution in [0.15, 0.2) is 28.3 Å². The lowest BCUT2D eigenvalue weighted by molar-refractivity contribution is 0.619. The second-order valence-corrected chi connectivity index (χ2v) is 5.14. The molecule has 0 atom stereocenters. The number of nitrogens with zero attached hydrogens (tertiary/aromatic N) is 3.